The molecular weight excluding hydrogens is 262 g/mol. The predicted molar refractivity (Wildman–Crippen MR) is 71.6 cm³/mol. The summed E-state index contributed by atoms with van der Waals surface area (Å²) in [5, 5.41) is 8.87. The van der Waals surface area contributed by atoms with E-state index in [9.17, 15) is 8.42 Å². The Hall–Kier alpha value is -1.42. The van der Waals surface area contributed by atoms with Gasteiger partial charge < -0.3 is 5.73 Å². The number of nitriles is 1. The van der Waals surface area contributed by atoms with Crippen molar-refractivity contribution in [3.8, 4) is 6.07 Å². The van der Waals surface area contributed by atoms with Gasteiger partial charge in [0.1, 0.15) is 0 Å². The summed E-state index contributed by atoms with van der Waals surface area (Å²) < 4.78 is 26.4. The van der Waals surface area contributed by atoms with E-state index in [0.29, 0.717) is 24.1 Å². The predicted octanol–water partition coefficient (Wildman–Crippen LogP) is 1.33. The molecule has 1 aromatic carbocycles. The molecule has 0 aromatic heterocycles. The molecule has 0 spiro atoms. The maximum Gasteiger partial charge on any atom is 0.244 e. The summed E-state index contributed by atoms with van der Waals surface area (Å²) in [7, 11) is -3.56. The van der Waals surface area contributed by atoms with Crippen LogP contribution >= 0.6 is 0 Å². The molecule has 1 saturated heterocycles. The smallest absolute Gasteiger partial charge is 0.244 e. The molecule has 0 amide bonds. The normalized spacial score (nSPS) is 21.0. The van der Waals surface area contributed by atoms with Gasteiger partial charge in [-0.1, -0.05) is 0 Å². The fraction of sp³-hybridized carbons (Fsp3) is 0.462. The molecule has 1 aliphatic heterocycles. The van der Waals surface area contributed by atoms with Gasteiger partial charge in [-0.25, -0.2) is 8.42 Å². The van der Waals surface area contributed by atoms with Gasteiger partial charge in [0, 0.05) is 6.54 Å². The summed E-state index contributed by atoms with van der Waals surface area (Å²) in [6.07, 6.45) is 2.03. The number of hydrogen-bond donors (Lipinski definition) is 1. The second-order valence-corrected chi connectivity index (χ2v) is 6.66. The average molecular weight is 279 g/mol. The highest BCUT2D eigenvalue weighted by Crippen LogP contribution is 2.24. The third-order valence-electron chi connectivity index (χ3n) is 3.42. The van der Waals surface area contributed by atoms with E-state index in [0.717, 1.165) is 12.8 Å². The number of aryl methyl sites for hydroxylation is 1. The highest BCUT2D eigenvalue weighted by atomic mass is 32.2. The molecule has 1 unspecified atom stereocenters. The van der Waals surface area contributed by atoms with Crippen molar-refractivity contribution in [3.05, 3.63) is 29.3 Å². The Morgan fingerprint density at radius 3 is 2.74 bits per heavy atom. The lowest BCUT2D eigenvalue weighted by atomic mass is 10.1. The third kappa shape index (κ3) is 2.63. The highest BCUT2D eigenvalue weighted by Gasteiger charge is 2.31. The van der Waals surface area contributed by atoms with Gasteiger partial charge in [0.2, 0.25) is 10.0 Å². The minimum Gasteiger partial charge on any atom is -0.315 e. The molecule has 0 aliphatic carbocycles. The van der Waals surface area contributed by atoms with Crippen LogP contribution in [0.3, 0.4) is 0 Å². The number of nitrogens with two attached hydrogens (primary N) is 1. The molecule has 5 nitrogen and oxygen atoms in total. The molecule has 0 radical (unpaired) electrons. The van der Waals surface area contributed by atoms with E-state index in [1.165, 1.54) is 22.5 Å². The molecule has 1 atom stereocenters. The van der Waals surface area contributed by atoms with Crippen molar-refractivity contribution in [1.82, 2.24) is 4.31 Å². The maximum absolute atomic E-state index is 12.5. The number of hydrogen-bond acceptors (Lipinski definition) is 4. The van der Waals surface area contributed by atoms with Gasteiger partial charge in [0.25, 0.3) is 0 Å². The van der Waals surface area contributed by atoms with Crippen molar-refractivity contribution in [2.24, 2.45) is 5.73 Å². The summed E-state index contributed by atoms with van der Waals surface area (Å²) in [5.41, 5.74) is 7.04. The zero-order chi connectivity index (χ0) is 14.0. The molecule has 1 aliphatic rings. The van der Waals surface area contributed by atoms with Crippen LogP contribution in [0.1, 0.15) is 30.4 Å². The van der Waals surface area contributed by atoms with E-state index in [-0.39, 0.29) is 4.90 Å². The Kier molecular flexibility index (Phi) is 3.90. The Morgan fingerprint density at radius 2 is 2.16 bits per heavy atom. The van der Waals surface area contributed by atoms with Crippen molar-refractivity contribution in [2.45, 2.75) is 37.2 Å². The van der Waals surface area contributed by atoms with E-state index in [4.69, 9.17) is 11.0 Å². The molecule has 1 fully saturated rings. The lowest BCUT2D eigenvalue weighted by Crippen LogP contribution is -2.48. The Morgan fingerprint density at radius 1 is 1.42 bits per heavy atom. The molecule has 2 rings (SSSR count). The lowest BCUT2D eigenvalue weighted by Gasteiger charge is -2.32. The SMILES string of the molecule is Cc1cc(S(=O)(=O)N2CCCCC2N)ccc1C#N. The second-order valence-electron chi connectivity index (χ2n) is 4.77. The minimum absolute atomic E-state index is 0.210. The molecule has 1 heterocycles. The molecular formula is C13H17N3O2S. The van der Waals surface area contributed by atoms with Gasteiger partial charge in [-0.05, 0) is 49.9 Å². The number of sulfonamides is 1. The average Bonchev–Trinajstić information content (AvgIpc) is 2.39. The van der Waals surface area contributed by atoms with Gasteiger partial charge in [-0.15, -0.1) is 0 Å². The Bertz CT molecular complexity index is 619. The van der Waals surface area contributed by atoms with Crippen LogP contribution in [0.2, 0.25) is 0 Å². The highest BCUT2D eigenvalue weighted by molar-refractivity contribution is 7.89. The molecule has 2 N–H and O–H groups in total. The topological polar surface area (TPSA) is 87.2 Å². The summed E-state index contributed by atoms with van der Waals surface area (Å²) in [6.45, 7) is 2.19. The zero-order valence-electron chi connectivity index (χ0n) is 10.8. The van der Waals surface area contributed by atoms with Gasteiger partial charge in [-0.3, -0.25) is 0 Å². The standard InChI is InChI=1S/C13H17N3O2S/c1-10-8-12(6-5-11(10)9-14)19(17,18)16-7-3-2-4-13(16)15/h5-6,8,13H,2-4,7,15H2,1H3. The monoisotopic (exact) mass is 279 g/mol. The quantitative estimate of drug-likeness (QED) is 0.884. The summed E-state index contributed by atoms with van der Waals surface area (Å²) in [4.78, 5) is 0.210. The first-order valence-electron chi connectivity index (χ1n) is 6.25. The molecule has 6 heteroatoms. The van der Waals surface area contributed by atoms with Gasteiger partial charge in [0.05, 0.1) is 22.7 Å². The molecule has 1 aromatic rings. The number of benzene rings is 1. The van der Waals surface area contributed by atoms with Crippen LogP contribution in [0.15, 0.2) is 23.1 Å². The molecule has 0 saturated carbocycles. The first kappa shape index (κ1) is 14.0. The Balaban J connectivity index is 2.39. The van der Waals surface area contributed by atoms with Crippen molar-refractivity contribution in [2.75, 3.05) is 6.54 Å². The van der Waals surface area contributed by atoms with E-state index in [1.807, 2.05) is 6.07 Å². The van der Waals surface area contributed by atoms with Gasteiger partial charge >= 0.3 is 0 Å². The number of nitrogens with zero attached hydrogens (tertiary/aromatic N) is 2. The molecule has 19 heavy (non-hydrogen) atoms. The van der Waals surface area contributed by atoms with E-state index < -0.39 is 16.2 Å². The van der Waals surface area contributed by atoms with E-state index in [2.05, 4.69) is 0 Å². The number of piperidine rings is 1. The summed E-state index contributed by atoms with van der Waals surface area (Å²) in [6, 6.07) is 6.58. The van der Waals surface area contributed by atoms with Crippen LogP contribution < -0.4 is 5.73 Å². The fourth-order valence-corrected chi connectivity index (χ4v) is 3.95. The van der Waals surface area contributed by atoms with E-state index >= 15 is 0 Å². The van der Waals surface area contributed by atoms with Crippen molar-refractivity contribution < 1.29 is 8.42 Å². The van der Waals surface area contributed by atoms with Gasteiger partial charge in [-0.2, -0.15) is 9.57 Å². The van der Waals surface area contributed by atoms with Crippen molar-refractivity contribution in [1.29, 1.82) is 5.26 Å². The van der Waals surface area contributed by atoms with Crippen LogP contribution in [-0.2, 0) is 10.0 Å². The van der Waals surface area contributed by atoms with E-state index in [1.54, 1.807) is 6.92 Å². The van der Waals surface area contributed by atoms with Gasteiger partial charge in [0.15, 0.2) is 0 Å². The Labute approximate surface area is 113 Å². The largest absolute Gasteiger partial charge is 0.315 e. The molecule has 0 bridgehead atoms. The van der Waals surface area contributed by atoms with Crippen LogP contribution in [0.5, 0.6) is 0 Å². The summed E-state index contributed by atoms with van der Waals surface area (Å²) >= 11 is 0. The first-order chi connectivity index (χ1) is 8.96. The van der Waals surface area contributed by atoms with Crippen LogP contribution in [0, 0.1) is 18.3 Å². The second kappa shape index (κ2) is 5.29. The maximum atomic E-state index is 12.5. The van der Waals surface area contributed by atoms with Crippen molar-refractivity contribution in [3.63, 3.8) is 0 Å². The lowest BCUT2D eigenvalue weighted by molar-refractivity contribution is 0.258. The van der Waals surface area contributed by atoms with Crippen LogP contribution in [0.25, 0.3) is 0 Å². The van der Waals surface area contributed by atoms with Crippen LogP contribution in [0.4, 0.5) is 0 Å². The molecule has 102 valence electrons. The fourth-order valence-electron chi connectivity index (χ4n) is 2.29. The first-order valence-corrected chi connectivity index (χ1v) is 7.69. The number of rotatable bonds is 2. The van der Waals surface area contributed by atoms with Crippen LogP contribution in [-0.4, -0.2) is 25.4 Å². The summed E-state index contributed by atoms with van der Waals surface area (Å²) in [5.74, 6) is 0. The third-order valence-corrected chi connectivity index (χ3v) is 5.34. The minimum atomic E-state index is -3.56. The zero-order valence-corrected chi connectivity index (χ0v) is 11.7. The van der Waals surface area contributed by atoms with Crippen molar-refractivity contribution >= 4 is 10.0 Å².